The third-order valence-corrected chi connectivity index (χ3v) is 24.1. The molecule has 11 aliphatic rings. The lowest BCUT2D eigenvalue weighted by Crippen LogP contribution is -2.74. The summed E-state index contributed by atoms with van der Waals surface area (Å²) in [5.74, 6) is 3.83. The van der Waals surface area contributed by atoms with Crippen molar-refractivity contribution in [3.05, 3.63) is 117 Å². The van der Waals surface area contributed by atoms with Crippen molar-refractivity contribution in [1.82, 2.24) is 19.8 Å². The van der Waals surface area contributed by atoms with Crippen molar-refractivity contribution in [1.29, 1.82) is 10.8 Å². The second-order valence-corrected chi connectivity index (χ2v) is 28.8. The molecule has 0 unspecified atom stereocenters. The number of aromatic amines is 2. The Morgan fingerprint density at radius 3 is 1.60 bits per heavy atom. The summed E-state index contributed by atoms with van der Waals surface area (Å²) >= 11 is 0. The average molecular weight is 1150 g/mol. The predicted molar refractivity (Wildman–Crippen MR) is 319 cm³/mol. The number of hydrogen-bond donors (Lipinski definition) is 11. The number of carboxylic acid groups (broad SMARTS) is 1. The second-order valence-electron chi connectivity index (χ2n) is 26.0. The Bertz CT molecular complexity index is 3430. The fourth-order valence-electron chi connectivity index (χ4n) is 17.2. The first-order valence-electron chi connectivity index (χ1n) is 30.0. The third kappa shape index (κ3) is 8.03. The van der Waals surface area contributed by atoms with Crippen molar-refractivity contribution in [2.75, 3.05) is 31.9 Å². The number of aromatic hydroxyl groups is 2. The first kappa shape index (κ1) is 52.9. The zero-order valence-corrected chi connectivity index (χ0v) is 47.8. The lowest BCUT2D eigenvalue weighted by atomic mass is 9.49. The van der Waals surface area contributed by atoms with Crippen LogP contribution in [0.15, 0.2) is 60.7 Å². The molecular weight excluding hydrogens is 1070 g/mol. The number of nitrogens with one attached hydrogen (secondary N) is 4. The summed E-state index contributed by atoms with van der Waals surface area (Å²) in [7, 11) is 3.92. The molecule has 13 N–H and O–H groups in total. The summed E-state index contributed by atoms with van der Waals surface area (Å²) < 4.78 is 13.3. The number of amidine groups is 2. The van der Waals surface area contributed by atoms with E-state index < -0.39 is 28.0 Å². The SMILES string of the molecule is N=C(N)Cc1ccc2[nH]c3c(c2c1)C[C@@]1(O)[C@H]2Cc4ccc(O)c5c4[C@@]1(CCN2CC1CC1)[C@H]3O5.N=C(N)Cc1ccc2[nH]c3c(c2c1)C[C@@]1(O)[C@H]2Cc4ccc(O)c5c4[C@@]1(CCN2CC1CC1)[C@H]3O5.O=C(O)CCCC[C@H]1CCSS1. The number of aromatic nitrogens is 2. The number of H-pyrrole nitrogens is 2. The molecule has 7 heterocycles. The Labute approximate surface area is 484 Å². The monoisotopic (exact) mass is 1150 g/mol. The van der Waals surface area contributed by atoms with E-state index in [1.807, 2.05) is 58.0 Å². The molecule has 4 aromatic carbocycles. The van der Waals surface area contributed by atoms with Crippen LogP contribution in [-0.2, 0) is 54.1 Å². The van der Waals surface area contributed by atoms with Crippen LogP contribution in [0.5, 0.6) is 23.0 Å². The summed E-state index contributed by atoms with van der Waals surface area (Å²) in [4.78, 5) is 22.6. The Morgan fingerprint density at radius 1 is 0.683 bits per heavy atom. The highest BCUT2D eigenvalue weighted by Crippen LogP contribution is 2.71. The largest absolute Gasteiger partial charge is 0.504 e. The number of aliphatic hydroxyl groups is 2. The number of benzene rings is 4. The Kier molecular flexibility index (Phi) is 12.5. The lowest BCUT2D eigenvalue weighted by Gasteiger charge is -2.62. The molecule has 430 valence electrons. The molecule has 2 spiro atoms. The highest BCUT2D eigenvalue weighted by atomic mass is 33.1. The van der Waals surface area contributed by atoms with Gasteiger partial charge in [0.2, 0.25) is 0 Å². The summed E-state index contributed by atoms with van der Waals surface area (Å²) in [6.45, 7) is 3.99. The molecule has 2 aromatic heterocycles. The van der Waals surface area contributed by atoms with Crippen molar-refractivity contribution in [2.45, 2.75) is 161 Å². The van der Waals surface area contributed by atoms with Gasteiger partial charge >= 0.3 is 5.97 Å². The van der Waals surface area contributed by atoms with Gasteiger partial charge in [-0.05, 0) is 165 Å². The molecule has 3 saturated heterocycles. The third-order valence-electron chi connectivity index (χ3n) is 21.1. The summed E-state index contributed by atoms with van der Waals surface area (Å²) in [5, 5.41) is 74.2. The number of phenols is 2. The van der Waals surface area contributed by atoms with E-state index in [-0.39, 0.29) is 47.5 Å². The van der Waals surface area contributed by atoms with Gasteiger partial charge in [-0.15, -0.1) is 0 Å². The highest BCUT2D eigenvalue weighted by molar-refractivity contribution is 8.77. The maximum Gasteiger partial charge on any atom is 0.303 e. The zero-order chi connectivity index (χ0) is 56.2. The van der Waals surface area contributed by atoms with Crippen LogP contribution >= 0.6 is 21.6 Å². The molecule has 2 saturated carbocycles. The van der Waals surface area contributed by atoms with E-state index in [1.165, 1.54) is 55.4 Å². The molecule has 5 aliphatic heterocycles. The predicted octanol–water partition coefficient (Wildman–Crippen LogP) is 8.89. The summed E-state index contributed by atoms with van der Waals surface area (Å²) in [6.07, 6.45) is 14.3. The lowest BCUT2D eigenvalue weighted by molar-refractivity contribution is -0.173. The fourth-order valence-corrected chi connectivity index (χ4v) is 20.2. The maximum absolute atomic E-state index is 12.9. The number of hydrogen-bond acceptors (Lipinski definition) is 13. The number of nitrogens with zero attached hydrogens (tertiary/aromatic N) is 2. The Morgan fingerprint density at radius 2 is 1.17 bits per heavy atom. The van der Waals surface area contributed by atoms with Gasteiger partial charge in [0.1, 0.15) is 0 Å². The van der Waals surface area contributed by atoms with E-state index in [1.54, 1.807) is 12.1 Å². The zero-order valence-electron chi connectivity index (χ0n) is 46.2. The van der Waals surface area contributed by atoms with Gasteiger partial charge in [-0.3, -0.25) is 25.4 Å². The van der Waals surface area contributed by atoms with Gasteiger partial charge in [0.05, 0.1) is 45.1 Å². The van der Waals surface area contributed by atoms with Crippen molar-refractivity contribution in [2.24, 2.45) is 23.3 Å². The Balaban J connectivity index is 0.000000118. The second kappa shape index (κ2) is 19.3. The van der Waals surface area contributed by atoms with Gasteiger partial charge in [-0.25, -0.2) is 0 Å². The number of piperidine rings is 2. The first-order chi connectivity index (χ1) is 39.6. The minimum atomic E-state index is -0.991. The van der Waals surface area contributed by atoms with Crippen LogP contribution in [-0.4, -0.2) is 123 Å². The van der Waals surface area contributed by atoms with Crippen LogP contribution in [0.1, 0.15) is 139 Å². The Hall–Kier alpha value is -5.89. The van der Waals surface area contributed by atoms with Crippen LogP contribution in [0, 0.1) is 22.7 Å². The van der Waals surface area contributed by atoms with E-state index in [0.29, 0.717) is 43.6 Å². The van der Waals surface area contributed by atoms with E-state index in [9.17, 15) is 25.2 Å². The number of nitrogens with two attached hydrogens (primary N) is 2. The van der Waals surface area contributed by atoms with E-state index >= 15 is 0 Å². The normalized spacial score (nSPS) is 30.9. The average Bonchev–Trinajstić information content (AvgIpc) is 1.43. The smallest absolute Gasteiger partial charge is 0.303 e. The minimum absolute atomic E-state index is 0.0180. The van der Waals surface area contributed by atoms with Crippen LogP contribution in [0.3, 0.4) is 0 Å². The van der Waals surface area contributed by atoms with Crippen molar-refractivity contribution < 1.29 is 39.8 Å². The molecule has 5 fully saturated rings. The number of likely N-dealkylation sites (tertiary alicyclic amines) is 2. The van der Waals surface area contributed by atoms with E-state index in [4.69, 9.17) is 36.9 Å². The maximum atomic E-state index is 12.9. The van der Waals surface area contributed by atoms with Gasteiger partial charge in [0.15, 0.2) is 35.2 Å². The number of aliphatic carboxylic acids is 1. The van der Waals surface area contributed by atoms with Gasteiger partial charge in [-0.1, -0.05) is 52.3 Å². The standard InChI is InChI=1S/2C28H30N4O3.C8H14O2S2/c2*29-22(30)10-15-3-5-19-17(9-15)18-12-28(34)21-11-16-4-6-20(33)25-23(16)27(28,26(35-25)24(18)31-19)7-8-32(21)13-14-1-2-14;9-8(10)4-2-1-3-7-5-6-11-12-7/h2*3-6,9,14,21,26,31,33-34H,1-2,7-8,10-13H2,(H3,29,30);7H,1-6H2,(H,9,10)/t2*21-,26+,27+,28-;7-/m110/s1. The van der Waals surface area contributed by atoms with Crippen molar-refractivity contribution in [3.63, 3.8) is 0 Å². The number of phenolic OH excluding ortho intramolecular Hbond substituents is 2. The van der Waals surface area contributed by atoms with Crippen LogP contribution < -0.4 is 20.9 Å². The minimum Gasteiger partial charge on any atom is -0.504 e. The number of rotatable bonds is 13. The number of carboxylic acids is 1. The van der Waals surface area contributed by atoms with Crippen molar-refractivity contribution >= 4 is 61.0 Å². The van der Waals surface area contributed by atoms with E-state index in [2.05, 4.69) is 31.9 Å². The molecule has 4 bridgehead atoms. The molecule has 0 amide bonds. The summed E-state index contributed by atoms with van der Waals surface area (Å²) in [6, 6.07) is 20.0. The molecule has 17 rings (SSSR count). The van der Waals surface area contributed by atoms with Gasteiger partial charge in [0, 0.05) is 101 Å². The molecule has 0 radical (unpaired) electrons. The topological polar surface area (TPSA) is 274 Å². The van der Waals surface area contributed by atoms with Crippen LogP contribution in [0.2, 0.25) is 0 Å². The van der Waals surface area contributed by atoms with Crippen LogP contribution in [0.25, 0.3) is 21.8 Å². The molecule has 82 heavy (non-hydrogen) atoms. The number of fused-ring (bicyclic) bond motifs is 8. The quantitative estimate of drug-likeness (QED) is 0.0223. The molecular formula is C64H74N8O8S2. The fraction of sp³-hybridized carbons (Fsp3) is 0.516. The molecule has 9 atom stereocenters. The van der Waals surface area contributed by atoms with E-state index in [0.717, 1.165) is 148 Å². The van der Waals surface area contributed by atoms with Gasteiger partial charge in [-0.2, -0.15) is 0 Å². The summed E-state index contributed by atoms with van der Waals surface area (Å²) in [5.41, 5.74) is 21.0. The number of ether oxygens (including phenoxy) is 2. The molecule has 6 aliphatic carbocycles. The van der Waals surface area contributed by atoms with Crippen LogP contribution in [0.4, 0.5) is 0 Å². The number of unbranched alkanes of at least 4 members (excludes halogenated alkanes) is 1. The highest BCUT2D eigenvalue weighted by Gasteiger charge is 2.74. The molecule has 16 nitrogen and oxygen atoms in total. The number of carbonyl (C=O) groups is 1. The molecule has 18 heteroatoms. The van der Waals surface area contributed by atoms with Gasteiger partial charge in [0.25, 0.3) is 0 Å². The molecule has 6 aromatic rings. The van der Waals surface area contributed by atoms with Gasteiger partial charge < -0.3 is 56.4 Å². The van der Waals surface area contributed by atoms with Crippen molar-refractivity contribution in [3.8, 4) is 23.0 Å². The first-order valence-corrected chi connectivity index (χ1v) is 32.3.